The van der Waals surface area contributed by atoms with Crippen LogP contribution in [0.4, 0.5) is 5.95 Å². The van der Waals surface area contributed by atoms with Crippen LogP contribution in [0.2, 0.25) is 5.15 Å². The molecule has 0 spiro atoms. The highest BCUT2D eigenvalue weighted by molar-refractivity contribution is 14.1. The second-order valence-electron chi connectivity index (χ2n) is 3.99. The molecule has 0 radical (unpaired) electrons. The van der Waals surface area contributed by atoms with E-state index in [0.29, 0.717) is 11.1 Å². The fraction of sp³-hybridized carbons (Fsp3) is 0.417. The zero-order valence-electron chi connectivity index (χ0n) is 10.1. The number of unbranched alkanes of at least 4 members (excludes halogenated alkanes) is 2. The standard InChI is InChI=1S/C12H14ClIN4/c1-2-3-4-5-15-12-17-6-8-10(18-12)9(14)7-16-11(8)13/h6-7H,2-5H2,1H3,(H,15,17,18). The molecule has 0 aliphatic carbocycles. The third kappa shape index (κ3) is 3.20. The summed E-state index contributed by atoms with van der Waals surface area (Å²) >= 11 is 8.22. The maximum absolute atomic E-state index is 6.01. The Kier molecular flexibility index (Phi) is 4.94. The minimum atomic E-state index is 0.447. The molecule has 0 fully saturated rings. The Morgan fingerprint density at radius 2 is 2.11 bits per heavy atom. The Hall–Kier alpha value is -0.690. The van der Waals surface area contributed by atoms with Crippen molar-refractivity contribution in [1.82, 2.24) is 15.0 Å². The Morgan fingerprint density at radius 3 is 2.89 bits per heavy atom. The van der Waals surface area contributed by atoms with Crippen molar-refractivity contribution in [2.24, 2.45) is 0 Å². The fourth-order valence-electron chi connectivity index (χ4n) is 1.62. The summed E-state index contributed by atoms with van der Waals surface area (Å²) in [6.45, 7) is 3.08. The smallest absolute Gasteiger partial charge is 0.223 e. The summed E-state index contributed by atoms with van der Waals surface area (Å²) in [5, 5.41) is 4.47. The van der Waals surface area contributed by atoms with Crippen LogP contribution in [-0.2, 0) is 0 Å². The molecule has 0 unspecified atom stereocenters. The highest BCUT2D eigenvalue weighted by Crippen LogP contribution is 2.24. The van der Waals surface area contributed by atoms with Crippen LogP contribution in [-0.4, -0.2) is 21.5 Å². The number of anilines is 1. The summed E-state index contributed by atoms with van der Waals surface area (Å²) in [5.41, 5.74) is 0.851. The molecule has 18 heavy (non-hydrogen) atoms. The van der Waals surface area contributed by atoms with Gasteiger partial charge in [0.05, 0.1) is 14.5 Å². The van der Waals surface area contributed by atoms with Crippen LogP contribution in [0.15, 0.2) is 12.4 Å². The summed E-state index contributed by atoms with van der Waals surface area (Å²) in [7, 11) is 0. The topological polar surface area (TPSA) is 50.7 Å². The normalized spacial score (nSPS) is 10.8. The number of nitrogens with one attached hydrogen (secondary N) is 1. The summed E-state index contributed by atoms with van der Waals surface area (Å²) in [6, 6.07) is 0. The van der Waals surface area contributed by atoms with E-state index in [-0.39, 0.29) is 0 Å². The van der Waals surface area contributed by atoms with E-state index in [9.17, 15) is 0 Å². The van der Waals surface area contributed by atoms with Gasteiger partial charge in [-0.1, -0.05) is 31.4 Å². The van der Waals surface area contributed by atoms with Gasteiger partial charge < -0.3 is 5.32 Å². The van der Waals surface area contributed by atoms with Gasteiger partial charge in [0.1, 0.15) is 5.15 Å². The van der Waals surface area contributed by atoms with Gasteiger partial charge in [0.25, 0.3) is 0 Å². The third-order valence-corrected chi connectivity index (χ3v) is 3.68. The van der Waals surface area contributed by atoms with Gasteiger partial charge in [0.15, 0.2) is 0 Å². The number of hydrogen-bond acceptors (Lipinski definition) is 4. The van der Waals surface area contributed by atoms with Gasteiger partial charge in [-0.05, 0) is 29.0 Å². The average Bonchev–Trinajstić information content (AvgIpc) is 2.39. The second-order valence-corrected chi connectivity index (χ2v) is 5.51. The lowest BCUT2D eigenvalue weighted by Crippen LogP contribution is -2.05. The molecule has 2 heterocycles. The molecule has 4 nitrogen and oxygen atoms in total. The van der Waals surface area contributed by atoms with Gasteiger partial charge in [-0.25, -0.2) is 15.0 Å². The van der Waals surface area contributed by atoms with Gasteiger partial charge >= 0.3 is 0 Å². The molecule has 0 aliphatic heterocycles. The van der Waals surface area contributed by atoms with Crippen molar-refractivity contribution in [3.8, 4) is 0 Å². The number of halogens is 2. The van der Waals surface area contributed by atoms with Gasteiger partial charge in [-0.15, -0.1) is 0 Å². The van der Waals surface area contributed by atoms with Crippen molar-refractivity contribution in [2.45, 2.75) is 26.2 Å². The van der Waals surface area contributed by atoms with Crippen molar-refractivity contribution in [2.75, 3.05) is 11.9 Å². The van der Waals surface area contributed by atoms with E-state index in [2.05, 4.69) is 49.8 Å². The molecule has 0 saturated carbocycles. The minimum Gasteiger partial charge on any atom is -0.354 e. The first-order valence-electron chi connectivity index (χ1n) is 5.93. The summed E-state index contributed by atoms with van der Waals surface area (Å²) < 4.78 is 0.978. The van der Waals surface area contributed by atoms with E-state index in [0.717, 1.165) is 27.4 Å². The summed E-state index contributed by atoms with van der Waals surface area (Å²) in [6.07, 6.45) is 7.00. The molecule has 96 valence electrons. The minimum absolute atomic E-state index is 0.447. The first-order chi connectivity index (χ1) is 8.72. The zero-order chi connectivity index (χ0) is 13.0. The van der Waals surface area contributed by atoms with Crippen molar-refractivity contribution in [1.29, 1.82) is 0 Å². The van der Waals surface area contributed by atoms with E-state index in [1.54, 1.807) is 12.4 Å². The molecule has 0 saturated heterocycles. The molecule has 0 amide bonds. The molecule has 6 heteroatoms. The highest BCUT2D eigenvalue weighted by atomic mass is 127. The molecule has 0 aromatic carbocycles. The second kappa shape index (κ2) is 6.47. The van der Waals surface area contributed by atoms with E-state index in [4.69, 9.17) is 11.6 Å². The third-order valence-electron chi connectivity index (χ3n) is 2.59. The Bertz CT molecular complexity index is 547. The van der Waals surface area contributed by atoms with Gasteiger partial charge in [0, 0.05) is 18.9 Å². The van der Waals surface area contributed by atoms with Crippen LogP contribution in [0.3, 0.4) is 0 Å². The molecular weight excluding hydrogens is 363 g/mol. The largest absolute Gasteiger partial charge is 0.354 e. The van der Waals surface area contributed by atoms with Crippen molar-refractivity contribution in [3.63, 3.8) is 0 Å². The number of rotatable bonds is 5. The summed E-state index contributed by atoms with van der Waals surface area (Å²) in [5.74, 6) is 0.652. The van der Waals surface area contributed by atoms with Gasteiger partial charge in [-0.3, -0.25) is 0 Å². The van der Waals surface area contributed by atoms with Crippen LogP contribution in [0.5, 0.6) is 0 Å². The maximum Gasteiger partial charge on any atom is 0.223 e. The monoisotopic (exact) mass is 376 g/mol. The molecule has 0 atom stereocenters. The predicted molar refractivity (Wildman–Crippen MR) is 83.1 cm³/mol. The lowest BCUT2D eigenvalue weighted by molar-refractivity contribution is 0.741. The zero-order valence-corrected chi connectivity index (χ0v) is 13.0. The Balaban J connectivity index is 2.19. The molecule has 2 aromatic rings. The number of fused-ring (bicyclic) bond motifs is 1. The van der Waals surface area contributed by atoms with E-state index in [1.165, 1.54) is 12.8 Å². The molecule has 0 bridgehead atoms. The van der Waals surface area contributed by atoms with E-state index >= 15 is 0 Å². The Labute approximate surface area is 125 Å². The average molecular weight is 377 g/mol. The summed E-state index contributed by atoms with van der Waals surface area (Å²) in [4.78, 5) is 12.8. The van der Waals surface area contributed by atoms with Crippen LogP contribution in [0.25, 0.3) is 10.9 Å². The molecule has 2 aromatic heterocycles. The van der Waals surface area contributed by atoms with Crippen molar-refractivity contribution < 1.29 is 0 Å². The van der Waals surface area contributed by atoms with Crippen LogP contribution >= 0.6 is 34.2 Å². The quantitative estimate of drug-likeness (QED) is 0.489. The Morgan fingerprint density at radius 1 is 1.28 bits per heavy atom. The van der Waals surface area contributed by atoms with Gasteiger partial charge in [-0.2, -0.15) is 0 Å². The van der Waals surface area contributed by atoms with E-state index < -0.39 is 0 Å². The van der Waals surface area contributed by atoms with Crippen LogP contribution in [0.1, 0.15) is 26.2 Å². The van der Waals surface area contributed by atoms with Crippen molar-refractivity contribution in [3.05, 3.63) is 21.1 Å². The first kappa shape index (κ1) is 13.7. The molecular formula is C12H14ClIN4. The van der Waals surface area contributed by atoms with Gasteiger partial charge in [0.2, 0.25) is 5.95 Å². The number of aromatic nitrogens is 3. The maximum atomic E-state index is 6.01. The van der Waals surface area contributed by atoms with E-state index in [1.807, 2.05) is 0 Å². The number of hydrogen-bond donors (Lipinski definition) is 1. The first-order valence-corrected chi connectivity index (χ1v) is 7.38. The molecule has 1 N–H and O–H groups in total. The van der Waals surface area contributed by atoms with Crippen molar-refractivity contribution >= 4 is 51.0 Å². The lowest BCUT2D eigenvalue weighted by atomic mass is 10.2. The van der Waals surface area contributed by atoms with Crippen LogP contribution in [0, 0.1) is 3.57 Å². The predicted octanol–water partition coefficient (Wildman–Crippen LogP) is 3.88. The lowest BCUT2D eigenvalue weighted by Gasteiger charge is -2.06. The van der Waals surface area contributed by atoms with Crippen LogP contribution < -0.4 is 5.32 Å². The number of pyridine rings is 1. The fourth-order valence-corrected chi connectivity index (χ4v) is 2.36. The number of nitrogens with zero attached hydrogens (tertiary/aromatic N) is 3. The SMILES string of the molecule is CCCCCNc1ncc2c(Cl)ncc(I)c2n1. The highest BCUT2D eigenvalue weighted by Gasteiger charge is 2.07. The molecule has 2 rings (SSSR count). The molecule has 0 aliphatic rings.